The van der Waals surface area contributed by atoms with Crippen molar-refractivity contribution < 1.29 is 4.79 Å². The highest BCUT2D eigenvalue weighted by Crippen LogP contribution is 2.26. The fourth-order valence-electron chi connectivity index (χ4n) is 4.45. The molecule has 2 aromatic rings. The normalized spacial score (nSPS) is 19.0. The zero-order valence-corrected chi connectivity index (χ0v) is 17.4. The summed E-state index contributed by atoms with van der Waals surface area (Å²) in [5, 5.41) is 6.87. The maximum absolute atomic E-state index is 13.2. The molecule has 0 spiro atoms. The Kier molecular flexibility index (Phi) is 6.47. The van der Waals surface area contributed by atoms with Crippen molar-refractivity contribution in [3.05, 3.63) is 65.2 Å². The molecule has 29 heavy (non-hydrogen) atoms. The lowest BCUT2D eigenvalue weighted by Gasteiger charge is -2.31. The summed E-state index contributed by atoms with van der Waals surface area (Å²) in [6.07, 6.45) is 2.10. The van der Waals surface area contributed by atoms with Gasteiger partial charge in [0, 0.05) is 37.9 Å². The lowest BCUT2D eigenvalue weighted by Crippen LogP contribution is -2.43. The van der Waals surface area contributed by atoms with Gasteiger partial charge < -0.3 is 15.5 Å². The minimum atomic E-state index is 0.170. The summed E-state index contributed by atoms with van der Waals surface area (Å²) < 4.78 is 0. The summed E-state index contributed by atoms with van der Waals surface area (Å²) in [6.45, 7) is 8.22. The highest BCUT2D eigenvalue weighted by atomic mass is 16.2. The van der Waals surface area contributed by atoms with Crippen LogP contribution in [-0.4, -0.2) is 54.5 Å². The Labute approximate surface area is 174 Å². The molecule has 4 rings (SSSR count). The average molecular weight is 393 g/mol. The number of nitrogens with one attached hydrogen (secondary N) is 2. The summed E-state index contributed by atoms with van der Waals surface area (Å²) in [5.74, 6) is 0.170. The molecule has 1 saturated heterocycles. The minimum absolute atomic E-state index is 0.170. The highest BCUT2D eigenvalue weighted by molar-refractivity contribution is 5.81. The first-order chi connectivity index (χ1) is 14.2. The molecule has 2 N–H and O–H groups in total. The summed E-state index contributed by atoms with van der Waals surface area (Å²) >= 11 is 0. The van der Waals surface area contributed by atoms with E-state index in [1.54, 1.807) is 0 Å². The maximum atomic E-state index is 13.2. The van der Waals surface area contributed by atoms with E-state index in [1.165, 1.54) is 16.7 Å². The Morgan fingerprint density at radius 1 is 1.21 bits per heavy atom. The SMILES string of the molecule is CCN1CCc2cccc(NCC(=O)N(Cc3ccccc3)C3CCNC3)c2C1. The zero-order chi connectivity index (χ0) is 20.1. The Balaban J connectivity index is 1.46. The third kappa shape index (κ3) is 4.80. The lowest BCUT2D eigenvalue weighted by molar-refractivity contribution is -0.131. The maximum Gasteiger partial charge on any atom is 0.242 e. The van der Waals surface area contributed by atoms with Crippen molar-refractivity contribution in [3.8, 4) is 0 Å². The quantitative estimate of drug-likeness (QED) is 0.761. The Morgan fingerprint density at radius 3 is 2.83 bits per heavy atom. The van der Waals surface area contributed by atoms with Crippen molar-refractivity contribution in [3.63, 3.8) is 0 Å². The van der Waals surface area contributed by atoms with Crippen LogP contribution < -0.4 is 10.6 Å². The van der Waals surface area contributed by atoms with Crippen molar-refractivity contribution in [2.24, 2.45) is 0 Å². The third-order valence-electron chi connectivity index (χ3n) is 6.22. The fraction of sp³-hybridized carbons (Fsp3) is 0.458. The summed E-state index contributed by atoms with van der Waals surface area (Å²) in [6, 6.07) is 17.0. The number of benzene rings is 2. The van der Waals surface area contributed by atoms with Gasteiger partial charge in [-0.15, -0.1) is 0 Å². The van der Waals surface area contributed by atoms with E-state index in [2.05, 4.69) is 57.7 Å². The van der Waals surface area contributed by atoms with Gasteiger partial charge in [0.25, 0.3) is 0 Å². The number of anilines is 1. The van der Waals surface area contributed by atoms with Crippen LogP contribution in [0.2, 0.25) is 0 Å². The molecule has 1 unspecified atom stereocenters. The van der Waals surface area contributed by atoms with Crippen LogP contribution in [0.3, 0.4) is 0 Å². The van der Waals surface area contributed by atoms with Crippen LogP contribution in [0.4, 0.5) is 5.69 Å². The lowest BCUT2D eigenvalue weighted by atomic mass is 9.98. The highest BCUT2D eigenvalue weighted by Gasteiger charge is 2.27. The van der Waals surface area contributed by atoms with Crippen LogP contribution in [0.1, 0.15) is 30.0 Å². The number of carbonyl (C=O) groups excluding carboxylic acids is 1. The molecule has 1 atom stereocenters. The molecule has 0 radical (unpaired) electrons. The van der Waals surface area contributed by atoms with Crippen LogP contribution >= 0.6 is 0 Å². The number of amides is 1. The Hall–Kier alpha value is -2.37. The zero-order valence-electron chi connectivity index (χ0n) is 17.4. The predicted molar refractivity (Wildman–Crippen MR) is 118 cm³/mol. The van der Waals surface area contributed by atoms with E-state index >= 15 is 0 Å². The number of rotatable bonds is 7. The molecule has 1 amide bonds. The molecule has 0 bridgehead atoms. The van der Waals surface area contributed by atoms with Crippen LogP contribution in [0.5, 0.6) is 0 Å². The minimum Gasteiger partial charge on any atom is -0.376 e. The van der Waals surface area contributed by atoms with Gasteiger partial charge in [-0.2, -0.15) is 0 Å². The van der Waals surface area contributed by atoms with E-state index in [1.807, 2.05) is 18.2 Å². The second-order valence-corrected chi connectivity index (χ2v) is 8.07. The van der Waals surface area contributed by atoms with E-state index in [0.29, 0.717) is 13.1 Å². The van der Waals surface area contributed by atoms with E-state index in [4.69, 9.17) is 0 Å². The number of nitrogens with zero attached hydrogens (tertiary/aromatic N) is 2. The van der Waals surface area contributed by atoms with Gasteiger partial charge in [0.05, 0.1) is 6.54 Å². The van der Waals surface area contributed by atoms with Crippen LogP contribution in [0, 0.1) is 0 Å². The molecule has 0 saturated carbocycles. The topological polar surface area (TPSA) is 47.6 Å². The van der Waals surface area contributed by atoms with Gasteiger partial charge in [-0.3, -0.25) is 9.69 Å². The van der Waals surface area contributed by atoms with Gasteiger partial charge in [0.1, 0.15) is 0 Å². The summed E-state index contributed by atoms with van der Waals surface area (Å²) in [7, 11) is 0. The van der Waals surface area contributed by atoms with Crippen LogP contribution in [0.15, 0.2) is 48.5 Å². The molecule has 5 nitrogen and oxygen atoms in total. The Bertz CT molecular complexity index is 817. The number of hydrogen-bond donors (Lipinski definition) is 2. The second-order valence-electron chi connectivity index (χ2n) is 8.07. The fourth-order valence-corrected chi connectivity index (χ4v) is 4.45. The van der Waals surface area contributed by atoms with Crippen molar-refractivity contribution in [2.75, 3.05) is 38.0 Å². The van der Waals surface area contributed by atoms with Crippen molar-refractivity contribution in [1.29, 1.82) is 0 Å². The third-order valence-corrected chi connectivity index (χ3v) is 6.22. The molecule has 154 valence electrons. The van der Waals surface area contributed by atoms with E-state index < -0.39 is 0 Å². The molecule has 2 aliphatic heterocycles. The monoisotopic (exact) mass is 392 g/mol. The molecule has 0 aliphatic carbocycles. The van der Waals surface area contributed by atoms with Crippen molar-refractivity contribution in [1.82, 2.24) is 15.1 Å². The van der Waals surface area contributed by atoms with Crippen LogP contribution in [-0.2, 0) is 24.3 Å². The van der Waals surface area contributed by atoms with Gasteiger partial charge in [-0.1, -0.05) is 49.4 Å². The molecular weight excluding hydrogens is 360 g/mol. The van der Waals surface area contributed by atoms with Crippen molar-refractivity contribution >= 4 is 11.6 Å². The van der Waals surface area contributed by atoms with Gasteiger partial charge in [-0.25, -0.2) is 0 Å². The average Bonchev–Trinajstić information content (AvgIpc) is 3.30. The number of fused-ring (bicyclic) bond motifs is 1. The largest absolute Gasteiger partial charge is 0.376 e. The predicted octanol–water partition coefficient (Wildman–Crippen LogP) is 2.87. The van der Waals surface area contributed by atoms with Gasteiger partial charge in [0.15, 0.2) is 0 Å². The first-order valence-electron chi connectivity index (χ1n) is 10.9. The summed E-state index contributed by atoms with van der Waals surface area (Å²) in [4.78, 5) is 17.7. The molecule has 1 fully saturated rings. The van der Waals surface area contributed by atoms with Gasteiger partial charge in [0.2, 0.25) is 5.91 Å². The van der Waals surface area contributed by atoms with Crippen molar-refractivity contribution in [2.45, 2.75) is 38.9 Å². The number of likely N-dealkylation sites (N-methyl/N-ethyl adjacent to an activating group) is 1. The molecule has 0 aromatic heterocycles. The van der Waals surface area contributed by atoms with Crippen LogP contribution in [0.25, 0.3) is 0 Å². The number of hydrogen-bond acceptors (Lipinski definition) is 4. The standard InChI is InChI=1S/C24H32N4O/c1-2-27-14-12-20-9-6-10-23(22(20)18-27)26-16-24(29)28(21-11-13-25-15-21)17-19-7-4-3-5-8-19/h3-10,21,25-26H,2,11-18H2,1H3. The van der Waals surface area contributed by atoms with Gasteiger partial charge in [-0.05, 0) is 48.7 Å². The number of carbonyl (C=O) groups is 1. The van der Waals surface area contributed by atoms with Gasteiger partial charge >= 0.3 is 0 Å². The molecule has 2 heterocycles. The smallest absolute Gasteiger partial charge is 0.242 e. The molecule has 2 aromatic carbocycles. The molecule has 5 heteroatoms. The molecule has 2 aliphatic rings. The first kappa shape index (κ1) is 19.9. The summed E-state index contributed by atoms with van der Waals surface area (Å²) in [5.41, 5.74) is 5.06. The second kappa shape index (κ2) is 9.42. The Morgan fingerprint density at radius 2 is 2.07 bits per heavy atom. The first-order valence-corrected chi connectivity index (χ1v) is 10.9. The molecular formula is C24H32N4O. The van der Waals surface area contributed by atoms with E-state index in [0.717, 1.165) is 51.3 Å². The van der Waals surface area contributed by atoms with E-state index in [-0.39, 0.29) is 11.9 Å². The van der Waals surface area contributed by atoms with E-state index in [9.17, 15) is 4.79 Å².